The molecule has 2 N–H and O–H groups in total. The minimum absolute atomic E-state index is 0.154. The van der Waals surface area contributed by atoms with Crippen molar-refractivity contribution in [3.8, 4) is 5.75 Å². The minimum Gasteiger partial charge on any atom is -0.493 e. The lowest BCUT2D eigenvalue weighted by Gasteiger charge is -2.09. The largest absolute Gasteiger partial charge is 0.493 e. The third-order valence-corrected chi connectivity index (χ3v) is 5.81. The summed E-state index contributed by atoms with van der Waals surface area (Å²) in [5.74, 6) is 0.502. The molecule has 0 radical (unpaired) electrons. The topological polar surface area (TPSA) is 84.5 Å². The van der Waals surface area contributed by atoms with Crippen LogP contribution in [0.2, 0.25) is 0 Å². The Labute approximate surface area is 177 Å². The van der Waals surface area contributed by atoms with Gasteiger partial charge in [0.15, 0.2) is 0 Å². The Bertz CT molecular complexity index is 1040. The predicted molar refractivity (Wildman–Crippen MR) is 117 cm³/mol. The van der Waals surface area contributed by atoms with Gasteiger partial charge < -0.3 is 10.1 Å². The summed E-state index contributed by atoms with van der Waals surface area (Å²) < 4.78 is 32.9. The van der Waals surface area contributed by atoms with Crippen LogP contribution in [0.1, 0.15) is 12.0 Å². The molecule has 6 nitrogen and oxygen atoms in total. The highest BCUT2D eigenvalue weighted by Gasteiger charge is 2.13. The smallest absolute Gasteiger partial charge is 0.240 e. The number of amides is 1. The fraction of sp³-hybridized carbons (Fsp3) is 0.174. The molecule has 3 rings (SSSR count). The molecule has 0 atom stereocenters. The van der Waals surface area contributed by atoms with Gasteiger partial charge in [-0.3, -0.25) is 4.79 Å². The van der Waals surface area contributed by atoms with Crippen LogP contribution in [0.15, 0.2) is 89.8 Å². The van der Waals surface area contributed by atoms with Crippen LogP contribution in [0.5, 0.6) is 5.75 Å². The molecule has 30 heavy (non-hydrogen) atoms. The lowest BCUT2D eigenvalue weighted by atomic mass is 10.2. The van der Waals surface area contributed by atoms with E-state index in [2.05, 4.69) is 10.0 Å². The van der Waals surface area contributed by atoms with Crippen LogP contribution in [0.25, 0.3) is 0 Å². The summed E-state index contributed by atoms with van der Waals surface area (Å²) >= 11 is 0. The number of nitrogens with one attached hydrogen (secondary N) is 2. The van der Waals surface area contributed by atoms with Crippen molar-refractivity contribution in [1.29, 1.82) is 0 Å². The zero-order chi connectivity index (χ0) is 21.2. The van der Waals surface area contributed by atoms with E-state index in [9.17, 15) is 13.2 Å². The maximum absolute atomic E-state index is 12.4. The van der Waals surface area contributed by atoms with E-state index in [-0.39, 0.29) is 23.8 Å². The van der Waals surface area contributed by atoms with Crippen LogP contribution in [0.3, 0.4) is 0 Å². The molecule has 7 heteroatoms. The van der Waals surface area contributed by atoms with Crippen LogP contribution >= 0.6 is 0 Å². The fourth-order valence-electron chi connectivity index (χ4n) is 2.78. The summed E-state index contributed by atoms with van der Waals surface area (Å²) in [5, 5.41) is 2.74. The average molecular weight is 425 g/mol. The lowest BCUT2D eigenvalue weighted by Crippen LogP contribution is -2.26. The van der Waals surface area contributed by atoms with Crippen molar-refractivity contribution in [2.24, 2.45) is 0 Å². The van der Waals surface area contributed by atoms with Crippen LogP contribution in [0, 0.1) is 0 Å². The number of hydrogen-bond acceptors (Lipinski definition) is 4. The first-order valence-electron chi connectivity index (χ1n) is 9.64. The molecular formula is C23H24N2O4S. The van der Waals surface area contributed by atoms with Gasteiger partial charge in [0.05, 0.1) is 17.9 Å². The van der Waals surface area contributed by atoms with E-state index < -0.39 is 10.0 Å². The van der Waals surface area contributed by atoms with Crippen LogP contribution in [-0.2, 0) is 21.2 Å². The lowest BCUT2D eigenvalue weighted by molar-refractivity contribution is -0.116. The van der Waals surface area contributed by atoms with Gasteiger partial charge in [-0.1, -0.05) is 48.5 Å². The Morgan fingerprint density at radius 2 is 1.47 bits per heavy atom. The number of anilines is 1. The van der Waals surface area contributed by atoms with Gasteiger partial charge in [-0.2, -0.15) is 0 Å². The molecule has 0 heterocycles. The van der Waals surface area contributed by atoms with E-state index in [1.54, 1.807) is 12.1 Å². The van der Waals surface area contributed by atoms with Gasteiger partial charge in [-0.25, -0.2) is 13.1 Å². The molecule has 0 spiro atoms. The average Bonchev–Trinajstić information content (AvgIpc) is 2.75. The van der Waals surface area contributed by atoms with E-state index in [0.717, 1.165) is 5.56 Å². The Morgan fingerprint density at radius 1 is 0.833 bits per heavy atom. The van der Waals surface area contributed by atoms with E-state index in [0.29, 0.717) is 24.4 Å². The molecule has 0 aliphatic rings. The summed E-state index contributed by atoms with van der Waals surface area (Å²) in [6.45, 7) is 0.569. The van der Waals surface area contributed by atoms with Crippen molar-refractivity contribution in [2.75, 3.05) is 18.5 Å². The quantitative estimate of drug-likeness (QED) is 0.521. The molecule has 3 aromatic rings. The van der Waals surface area contributed by atoms with Crippen molar-refractivity contribution < 1.29 is 17.9 Å². The number of carbonyl (C=O) groups is 1. The maximum Gasteiger partial charge on any atom is 0.240 e. The van der Waals surface area contributed by atoms with Gasteiger partial charge in [0, 0.05) is 12.2 Å². The first-order valence-corrected chi connectivity index (χ1v) is 11.1. The second-order valence-corrected chi connectivity index (χ2v) is 8.38. The second-order valence-electron chi connectivity index (χ2n) is 6.62. The van der Waals surface area contributed by atoms with E-state index in [4.69, 9.17) is 4.74 Å². The second kappa shape index (κ2) is 10.6. The molecule has 0 saturated carbocycles. The van der Waals surface area contributed by atoms with E-state index >= 15 is 0 Å². The first kappa shape index (κ1) is 21.5. The van der Waals surface area contributed by atoms with Crippen LogP contribution in [0.4, 0.5) is 5.69 Å². The number of para-hydroxylation sites is 1. The molecule has 0 aliphatic carbocycles. The van der Waals surface area contributed by atoms with Gasteiger partial charge in [-0.15, -0.1) is 0 Å². The van der Waals surface area contributed by atoms with Crippen molar-refractivity contribution in [3.05, 3.63) is 90.5 Å². The molecule has 0 fully saturated rings. The van der Waals surface area contributed by atoms with Gasteiger partial charge in [0.1, 0.15) is 5.75 Å². The van der Waals surface area contributed by atoms with E-state index in [1.807, 2.05) is 60.7 Å². The number of sulfonamides is 1. The molecule has 1 amide bonds. The Hall–Kier alpha value is -3.16. The summed E-state index contributed by atoms with van der Waals surface area (Å²) in [4.78, 5) is 12.2. The molecule has 0 aromatic heterocycles. The number of hydrogen-bond donors (Lipinski definition) is 2. The molecule has 0 aliphatic heterocycles. The summed E-state index contributed by atoms with van der Waals surface area (Å²) in [6, 6.07) is 25.0. The molecular weight excluding hydrogens is 400 g/mol. The normalized spacial score (nSPS) is 11.1. The molecule has 0 bridgehead atoms. The Balaban J connectivity index is 1.45. The molecule has 156 valence electrons. The summed E-state index contributed by atoms with van der Waals surface area (Å²) in [6.07, 6.45) is 0.801. The number of benzene rings is 3. The van der Waals surface area contributed by atoms with Crippen LogP contribution in [-0.4, -0.2) is 27.5 Å². The Kier molecular flexibility index (Phi) is 7.59. The predicted octanol–water partition coefficient (Wildman–Crippen LogP) is 3.62. The van der Waals surface area contributed by atoms with Crippen molar-refractivity contribution in [2.45, 2.75) is 17.7 Å². The third-order valence-electron chi connectivity index (χ3n) is 4.34. The minimum atomic E-state index is -3.60. The monoisotopic (exact) mass is 424 g/mol. The van der Waals surface area contributed by atoms with Gasteiger partial charge in [-0.05, 0) is 48.4 Å². The van der Waals surface area contributed by atoms with Gasteiger partial charge in [0.2, 0.25) is 15.9 Å². The highest BCUT2D eigenvalue weighted by atomic mass is 32.2. The SMILES string of the molecule is O=C(CCOc1ccccc1)Nc1ccc(S(=O)(=O)NCCc2ccccc2)cc1. The molecule has 3 aromatic carbocycles. The maximum atomic E-state index is 12.4. The number of rotatable bonds is 10. The summed E-state index contributed by atoms with van der Waals surface area (Å²) in [7, 11) is -3.60. The third kappa shape index (κ3) is 6.72. The van der Waals surface area contributed by atoms with Gasteiger partial charge in [0.25, 0.3) is 0 Å². The van der Waals surface area contributed by atoms with Crippen molar-refractivity contribution in [1.82, 2.24) is 4.72 Å². The number of carbonyl (C=O) groups excluding carboxylic acids is 1. The number of ether oxygens (including phenoxy) is 1. The molecule has 0 saturated heterocycles. The standard InChI is InChI=1S/C23H24N2O4S/c26-23(16-18-29-21-9-5-2-6-10-21)25-20-11-13-22(14-12-20)30(27,28)24-17-15-19-7-3-1-4-8-19/h1-14,24H,15-18H2,(H,25,26). The van der Waals surface area contributed by atoms with E-state index in [1.165, 1.54) is 12.1 Å². The zero-order valence-electron chi connectivity index (χ0n) is 16.5. The zero-order valence-corrected chi connectivity index (χ0v) is 17.3. The van der Waals surface area contributed by atoms with Crippen molar-refractivity contribution >= 4 is 21.6 Å². The highest BCUT2D eigenvalue weighted by molar-refractivity contribution is 7.89. The highest BCUT2D eigenvalue weighted by Crippen LogP contribution is 2.15. The fourth-order valence-corrected chi connectivity index (χ4v) is 3.81. The molecule has 0 unspecified atom stereocenters. The Morgan fingerprint density at radius 3 is 2.13 bits per heavy atom. The van der Waals surface area contributed by atoms with Crippen molar-refractivity contribution in [3.63, 3.8) is 0 Å². The first-order chi connectivity index (χ1) is 14.5. The summed E-state index contributed by atoms with van der Waals surface area (Å²) in [5.41, 5.74) is 1.59. The van der Waals surface area contributed by atoms with Gasteiger partial charge >= 0.3 is 0 Å². The van der Waals surface area contributed by atoms with Crippen LogP contribution < -0.4 is 14.8 Å².